The Bertz CT molecular complexity index is 874. The van der Waals surface area contributed by atoms with Gasteiger partial charge in [0.1, 0.15) is 11.6 Å². The number of hydrogen-bond acceptors (Lipinski definition) is 5. The van der Waals surface area contributed by atoms with Crippen LogP contribution in [0.2, 0.25) is 0 Å². The number of carbonyl (C=O) groups is 1. The van der Waals surface area contributed by atoms with Gasteiger partial charge in [-0.2, -0.15) is 0 Å². The zero-order chi connectivity index (χ0) is 17.1. The van der Waals surface area contributed by atoms with Crippen LogP contribution in [-0.4, -0.2) is 24.0 Å². The average Bonchev–Trinajstić information content (AvgIpc) is 2.99. The Balaban J connectivity index is 1.84. The van der Waals surface area contributed by atoms with E-state index < -0.39 is 11.8 Å². The van der Waals surface area contributed by atoms with Gasteiger partial charge in [0.25, 0.3) is 0 Å². The predicted octanol–water partition coefficient (Wildman–Crippen LogP) is 4.50. The van der Waals surface area contributed by atoms with Gasteiger partial charge in [-0.3, -0.25) is 0 Å². The van der Waals surface area contributed by atoms with Gasteiger partial charge in [0, 0.05) is 19.2 Å². The van der Waals surface area contributed by atoms with Crippen molar-refractivity contribution in [2.45, 2.75) is 13.8 Å². The van der Waals surface area contributed by atoms with Crippen molar-refractivity contribution < 1.29 is 13.9 Å². The van der Waals surface area contributed by atoms with Crippen molar-refractivity contribution in [2.24, 2.45) is 0 Å². The molecule has 124 valence electrons. The van der Waals surface area contributed by atoms with Gasteiger partial charge in [-0.1, -0.05) is 17.4 Å². The van der Waals surface area contributed by atoms with Crippen LogP contribution in [0.4, 0.5) is 9.52 Å². The van der Waals surface area contributed by atoms with E-state index >= 15 is 0 Å². The summed E-state index contributed by atoms with van der Waals surface area (Å²) in [5.41, 5.74) is 1.05. The molecule has 0 atom stereocenters. The number of fused-ring (bicyclic) bond motifs is 1. The van der Waals surface area contributed by atoms with E-state index in [2.05, 4.69) is 23.7 Å². The standard InChI is InChI=1S/C18H17FN2O2S/c1-3-21(4-2)18-20-15-9-8-14(11-16(15)24-18)23-17(22)12-6-5-7-13(19)10-12/h5-11H,3-4H2,1-2H3. The first kappa shape index (κ1) is 16.4. The lowest BCUT2D eigenvalue weighted by atomic mass is 10.2. The van der Waals surface area contributed by atoms with Gasteiger partial charge in [-0.05, 0) is 44.2 Å². The molecule has 0 aliphatic carbocycles. The minimum absolute atomic E-state index is 0.184. The molecular formula is C18H17FN2O2S. The molecule has 24 heavy (non-hydrogen) atoms. The van der Waals surface area contributed by atoms with Crippen molar-refractivity contribution in [1.82, 2.24) is 4.98 Å². The van der Waals surface area contributed by atoms with E-state index in [4.69, 9.17) is 4.74 Å². The fourth-order valence-corrected chi connectivity index (χ4v) is 3.49. The minimum Gasteiger partial charge on any atom is -0.423 e. The normalized spacial score (nSPS) is 10.8. The van der Waals surface area contributed by atoms with E-state index in [-0.39, 0.29) is 5.56 Å². The lowest BCUT2D eigenvalue weighted by Gasteiger charge is -2.16. The second-order valence-electron chi connectivity index (χ2n) is 5.20. The topological polar surface area (TPSA) is 42.4 Å². The van der Waals surface area contributed by atoms with Crippen LogP contribution in [0, 0.1) is 5.82 Å². The van der Waals surface area contributed by atoms with Gasteiger partial charge in [0.15, 0.2) is 5.13 Å². The zero-order valence-corrected chi connectivity index (χ0v) is 14.3. The molecule has 0 N–H and O–H groups in total. The summed E-state index contributed by atoms with van der Waals surface area (Å²) in [4.78, 5) is 18.9. The zero-order valence-electron chi connectivity index (χ0n) is 13.5. The number of thiazole rings is 1. The highest BCUT2D eigenvalue weighted by Gasteiger charge is 2.13. The van der Waals surface area contributed by atoms with Crippen LogP contribution in [0.3, 0.4) is 0 Å². The molecule has 0 aliphatic rings. The summed E-state index contributed by atoms with van der Waals surface area (Å²) < 4.78 is 19.5. The minimum atomic E-state index is -0.581. The fourth-order valence-electron chi connectivity index (χ4n) is 2.37. The molecule has 1 aromatic heterocycles. The summed E-state index contributed by atoms with van der Waals surface area (Å²) >= 11 is 1.56. The molecule has 0 saturated heterocycles. The van der Waals surface area contributed by atoms with Crippen molar-refractivity contribution in [3.63, 3.8) is 0 Å². The molecule has 4 nitrogen and oxygen atoms in total. The molecule has 3 aromatic rings. The lowest BCUT2D eigenvalue weighted by molar-refractivity contribution is 0.0734. The Morgan fingerprint density at radius 2 is 2.00 bits per heavy atom. The highest BCUT2D eigenvalue weighted by atomic mass is 32.1. The summed E-state index contributed by atoms with van der Waals surface area (Å²) in [5.74, 6) is -0.625. The molecule has 1 heterocycles. The molecule has 0 aliphatic heterocycles. The summed E-state index contributed by atoms with van der Waals surface area (Å²) in [6.45, 7) is 5.94. The smallest absolute Gasteiger partial charge is 0.343 e. The largest absolute Gasteiger partial charge is 0.423 e. The third-order valence-electron chi connectivity index (χ3n) is 3.65. The summed E-state index contributed by atoms with van der Waals surface area (Å²) in [5, 5.41) is 0.948. The summed E-state index contributed by atoms with van der Waals surface area (Å²) in [7, 11) is 0. The number of esters is 1. The van der Waals surface area contributed by atoms with Gasteiger partial charge >= 0.3 is 5.97 Å². The summed E-state index contributed by atoms with van der Waals surface area (Å²) in [6.07, 6.45) is 0. The number of nitrogens with zero attached hydrogens (tertiary/aromatic N) is 2. The summed E-state index contributed by atoms with van der Waals surface area (Å²) in [6, 6.07) is 10.8. The Kier molecular flexibility index (Phi) is 4.76. The van der Waals surface area contributed by atoms with E-state index in [1.54, 1.807) is 23.5 Å². The van der Waals surface area contributed by atoms with Gasteiger partial charge in [0.05, 0.1) is 15.8 Å². The van der Waals surface area contributed by atoms with Crippen LogP contribution in [-0.2, 0) is 0 Å². The monoisotopic (exact) mass is 344 g/mol. The van der Waals surface area contributed by atoms with Gasteiger partial charge in [-0.25, -0.2) is 14.2 Å². The molecule has 0 fully saturated rings. The SMILES string of the molecule is CCN(CC)c1nc2ccc(OC(=O)c3cccc(F)c3)cc2s1. The second kappa shape index (κ2) is 6.97. The maximum absolute atomic E-state index is 13.2. The fraction of sp³-hybridized carbons (Fsp3) is 0.222. The van der Waals surface area contributed by atoms with Crippen molar-refractivity contribution in [2.75, 3.05) is 18.0 Å². The predicted molar refractivity (Wildman–Crippen MR) is 94.5 cm³/mol. The highest BCUT2D eigenvalue weighted by Crippen LogP contribution is 2.31. The molecular weight excluding hydrogens is 327 g/mol. The lowest BCUT2D eigenvalue weighted by Crippen LogP contribution is -2.21. The average molecular weight is 344 g/mol. The van der Waals surface area contributed by atoms with E-state index in [9.17, 15) is 9.18 Å². The highest BCUT2D eigenvalue weighted by molar-refractivity contribution is 7.22. The molecule has 0 saturated carbocycles. The van der Waals surface area contributed by atoms with Crippen molar-refractivity contribution >= 4 is 32.7 Å². The number of carbonyl (C=O) groups excluding carboxylic acids is 1. The van der Waals surface area contributed by atoms with Gasteiger partial charge < -0.3 is 9.64 Å². The van der Waals surface area contributed by atoms with Crippen molar-refractivity contribution in [3.05, 3.63) is 53.8 Å². The van der Waals surface area contributed by atoms with Crippen LogP contribution in [0.5, 0.6) is 5.75 Å². The Morgan fingerprint density at radius 1 is 1.21 bits per heavy atom. The number of anilines is 1. The molecule has 0 spiro atoms. The first-order chi connectivity index (χ1) is 11.6. The van der Waals surface area contributed by atoms with Crippen molar-refractivity contribution in [3.8, 4) is 5.75 Å². The number of halogens is 1. The van der Waals surface area contributed by atoms with E-state index in [0.717, 1.165) is 34.5 Å². The molecule has 2 aromatic carbocycles. The Morgan fingerprint density at radius 3 is 2.71 bits per heavy atom. The van der Waals surface area contributed by atoms with Crippen LogP contribution in [0.25, 0.3) is 10.2 Å². The number of ether oxygens (including phenoxy) is 1. The first-order valence-corrected chi connectivity index (χ1v) is 8.55. The van der Waals surface area contributed by atoms with Gasteiger partial charge in [-0.15, -0.1) is 0 Å². The molecule has 0 amide bonds. The van der Waals surface area contributed by atoms with Crippen LogP contribution in [0.15, 0.2) is 42.5 Å². The third-order valence-corrected chi connectivity index (χ3v) is 4.73. The number of benzene rings is 2. The number of aromatic nitrogens is 1. The van der Waals surface area contributed by atoms with Crippen LogP contribution < -0.4 is 9.64 Å². The van der Waals surface area contributed by atoms with Crippen LogP contribution >= 0.6 is 11.3 Å². The third kappa shape index (κ3) is 3.38. The molecule has 0 bridgehead atoms. The van der Waals surface area contributed by atoms with Crippen molar-refractivity contribution in [1.29, 1.82) is 0 Å². The van der Waals surface area contributed by atoms with E-state index in [1.807, 2.05) is 6.07 Å². The van der Waals surface area contributed by atoms with Gasteiger partial charge in [0.2, 0.25) is 0 Å². The Hall–Kier alpha value is -2.47. The quantitative estimate of drug-likeness (QED) is 0.505. The molecule has 0 unspecified atom stereocenters. The maximum Gasteiger partial charge on any atom is 0.343 e. The number of rotatable bonds is 5. The second-order valence-corrected chi connectivity index (χ2v) is 6.21. The molecule has 0 radical (unpaired) electrons. The maximum atomic E-state index is 13.2. The first-order valence-electron chi connectivity index (χ1n) is 7.74. The molecule has 3 rings (SSSR count). The van der Waals surface area contributed by atoms with Crippen LogP contribution in [0.1, 0.15) is 24.2 Å². The van der Waals surface area contributed by atoms with E-state index in [1.165, 1.54) is 18.2 Å². The molecule has 6 heteroatoms. The Labute approximate surface area is 143 Å². The number of hydrogen-bond donors (Lipinski definition) is 0. The van der Waals surface area contributed by atoms with E-state index in [0.29, 0.717) is 5.75 Å².